The number of hydrogen-bond acceptors (Lipinski definition) is 6. The predicted octanol–water partition coefficient (Wildman–Crippen LogP) is 6.30. The lowest BCUT2D eigenvalue weighted by Gasteiger charge is -2.15. The van der Waals surface area contributed by atoms with E-state index in [1.165, 1.54) is 6.21 Å². The summed E-state index contributed by atoms with van der Waals surface area (Å²) in [7, 11) is 0. The van der Waals surface area contributed by atoms with Crippen molar-refractivity contribution < 1.29 is 18.7 Å². The normalized spacial score (nSPS) is 10.9. The van der Waals surface area contributed by atoms with Crippen molar-refractivity contribution >= 4 is 57.3 Å². The number of hydrazone groups is 1. The first-order valence-corrected chi connectivity index (χ1v) is 12.0. The van der Waals surface area contributed by atoms with Crippen LogP contribution >= 0.6 is 34.2 Å². The van der Waals surface area contributed by atoms with Gasteiger partial charge in [0, 0.05) is 16.0 Å². The molecule has 0 bridgehead atoms. The standard InChI is InChI=1S/C26H19ClIN3O4/c1-2-33-23-10-16(9-21(28)25(23)34-15-18-6-4-3-5-17(18)13-29)14-30-31-26(32)24-12-19-11-20(27)7-8-22(19)35-24/h3-12,14H,2,15H2,1H3,(H,31,32)/b30-14+. The fourth-order valence-electron chi connectivity index (χ4n) is 3.32. The molecule has 0 spiro atoms. The van der Waals surface area contributed by atoms with E-state index in [0.29, 0.717) is 39.8 Å². The molecule has 0 unspecified atom stereocenters. The molecule has 7 nitrogen and oxygen atoms in total. The molecule has 0 saturated heterocycles. The molecule has 3 aromatic carbocycles. The van der Waals surface area contributed by atoms with E-state index in [-0.39, 0.29) is 12.4 Å². The third-order valence-corrected chi connectivity index (χ3v) is 5.96. The van der Waals surface area contributed by atoms with Crippen molar-refractivity contribution in [1.82, 2.24) is 5.43 Å². The molecule has 0 fully saturated rings. The van der Waals surface area contributed by atoms with E-state index in [0.717, 1.165) is 14.5 Å². The van der Waals surface area contributed by atoms with Crippen molar-refractivity contribution in [2.45, 2.75) is 13.5 Å². The number of furan rings is 1. The van der Waals surface area contributed by atoms with Crippen LogP contribution in [0.25, 0.3) is 11.0 Å². The lowest BCUT2D eigenvalue weighted by molar-refractivity contribution is 0.0929. The third kappa shape index (κ3) is 5.93. The highest BCUT2D eigenvalue weighted by atomic mass is 127. The Hall–Kier alpha value is -3.55. The molecular weight excluding hydrogens is 581 g/mol. The molecule has 4 rings (SSSR count). The number of amides is 1. The predicted molar refractivity (Wildman–Crippen MR) is 142 cm³/mol. The van der Waals surface area contributed by atoms with E-state index in [4.69, 9.17) is 25.5 Å². The number of carbonyl (C=O) groups is 1. The quantitative estimate of drug-likeness (QED) is 0.146. The minimum Gasteiger partial charge on any atom is -0.490 e. The van der Waals surface area contributed by atoms with Crippen molar-refractivity contribution in [3.05, 3.63) is 91.7 Å². The van der Waals surface area contributed by atoms with Gasteiger partial charge >= 0.3 is 5.91 Å². The molecule has 4 aromatic rings. The van der Waals surface area contributed by atoms with Crippen LogP contribution in [0.5, 0.6) is 11.5 Å². The van der Waals surface area contributed by atoms with Crippen molar-refractivity contribution in [2.24, 2.45) is 5.10 Å². The first kappa shape index (κ1) is 24.6. The van der Waals surface area contributed by atoms with Crippen LogP contribution in [0.3, 0.4) is 0 Å². The Kier molecular flexibility index (Phi) is 7.90. The van der Waals surface area contributed by atoms with Crippen LogP contribution < -0.4 is 14.9 Å². The summed E-state index contributed by atoms with van der Waals surface area (Å²) < 4.78 is 18.1. The number of carbonyl (C=O) groups excluding carboxylic acids is 1. The van der Waals surface area contributed by atoms with E-state index in [1.54, 1.807) is 36.4 Å². The second kappa shape index (κ2) is 11.3. The average Bonchev–Trinajstić information content (AvgIpc) is 3.27. The number of nitrogens with one attached hydrogen (secondary N) is 1. The molecule has 1 amide bonds. The number of ether oxygens (including phenoxy) is 2. The molecule has 0 aliphatic carbocycles. The topological polar surface area (TPSA) is 96.8 Å². The Morgan fingerprint density at radius 1 is 1.20 bits per heavy atom. The van der Waals surface area contributed by atoms with Crippen LogP contribution in [0.1, 0.15) is 34.2 Å². The van der Waals surface area contributed by atoms with Gasteiger partial charge in [0.25, 0.3) is 0 Å². The first-order chi connectivity index (χ1) is 17.0. The van der Waals surface area contributed by atoms with Crippen LogP contribution in [0.15, 0.2) is 70.2 Å². The van der Waals surface area contributed by atoms with Crippen LogP contribution in [0.2, 0.25) is 5.02 Å². The summed E-state index contributed by atoms with van der Waals surface area (Å²) in [6, 6.07) is 19.8. The average molecular weight is 600 g/mol. The van der Waals surface area contributed by atoms with Gasteiger partial charge in [-0.25, -0.2) is 5.43 Å². The van der Waals surface area contributed by atoms with Gasteiger partial charge in [0.05, 0.1) is 28.0 Å². The van der Waals surface area contributed by atoms with Gasteiger partial charge in [-0.2, -0.15) is 10.4 Å². The zero-order valence-electron chi connectivity index (χ0n) is 18.5. The Morgan fingerprint density at radius 3 is 2.83 bits per heavy atom. The Bertz CT molecular complexity index is 1460. The molecule has 0 radical (unpaired) electrons. The van der Waals surface area contributed by atoms with Gasteiger partial charge in [-0.1, -0.05) is 29.8 Å². The smallest absolute Gasteiger partial charge is 0.307 e. The van der Waals surface area contributed by atoms with Gasteiger partial charge in [0.2, 0.25) is 0 Å². The van der Waals surface area contributed by atoms with Gasteiger partial charge in [-0.3, -0.25) is 4.79 Å². The number of benzene rings is 3. The summed E-state index contributed by atoms with van der Waals surface area (Å²) in [5, 5.41) is 14.6. The molecule has 0 aliphatic rings. The van der Waals surface area contributed by atoms with Crippen molar-refractivity contribution in [1.29, 1.82) is 5.26 Å². The van der Waals surface area contributed by atoms with Gasteiger partial charge in [-0.05, 0) is 77.5 Å². The summed E-state index contributed by atoms with van der Waals surface area (Å²) >= 11 is 8.14. The number of halogens is 2. The van der Waals surface area contributed by atoms with E-state index < -0.39 is 5.91 Å². The highest BCUT2D eigenvalue weighted by Crippen LogP contribution is 2.34. The molecule has 176 valence electrons. The van der Waals surface area contributed by atoms with Crippen LogP contribution in [0.4, 0.5) is 0 Å². The second-order valence-electron chi connectivity index (χ2n) is 7.31. The Balaban J connectivity index is 1.48. The number of rotatable bonds is 8. The van der Waals surface area contributed by atoms with E-state index in [2.05, 4.69) is 39.2 Å². The summed E-state index contributed by atoms with van der Waals surface area (Å²) in [6.45, 7) is 2.55. The third-order valence-electron chi connectivity index (χ3n) is 4.92. The van der Waals surface area contributed by atoms with Crippen molar-refractivity contribution in [3.63, 3.8) is 0 Å². The Labute approximate surface area is 220 Å². The minimum atomic E-state index is -0.482. The largest absolute Gasteiger partial charge is 0.490 e. The maximum absolute atomic E-state index is 12.4. The number of hydrogen-bond donors (Lipinski definition) is 1. The van der Waals surface area contributed by atoms with Crippen LogP contribution in [-0.2, 0) is 6.61 Å². The minimum absolute atomic E-state index is 0.130. The summed E-state index contributed by atoms with van der Waals surface area (Å²) in [5.41, 5.74) is 5.09. The first-order valence-electron chi connectivity index (χ1n) is 10.6. The number of nitriles is 1. The highest BCUT2D eigenvalue weighted by Gasteiger charge is 2.14. The second-order valence-corrected chi connectivity index (χ2v) is 8.91. The van der Waals surface area contributed by atoms with Crippen LogP contribution in [-0.4, -0.2) is 18.7 Å². The van der Waals surface area contributed by atoms with E-state index in [1.807, 2.05) is 31.2 Å². The molecule has 1 heterocycles. The van der Waals surface area contributed by atoms with Crippen molar-refractivity contribution in [2.75, 3.05) is 6.61 Å². The van der Waals surface area contributed by atoms with Crippen molar-refractivity contribution in [3.8, 4) is 17.6 Å². The van der Waals surface area contributed by atoms with Gasteiger partial charge < -0.3 is 13.9 Å². The fourth-order valence-corrected chi connectivity index (χ4v) is 4.28. The highest BCUT2D eigenvalue weighted by molar-refractivity contribution is 14.1. The monoisotopic (exact) mass is 599 g/mol. The van der Waals surface area contributed by atoms with E-state index in [9.17, 15) is 10.1 Å². The zero-order valence-corrected chi connectivity index (χ0v) is 21.5. The molecule has 9 heteroatoms. The zero-order chi connectivity index (χ0) is 24.8. The van der Waals surface area contributed by atoms with Gasteiger partial charge in [0.1, 0.15) is 12.2 Å². The number of nitrogens with zero attached hydrogens (tertiary/aromatic N) is 2. The molecular formula is C26H19ClIN3O4. The van der Waals surface area contributed by atoms with Crippen LogP contribution in [0, 0.1) is 14.9 Å². The maximum Gasteiger partial charge on any atom is 0.307 e. The Morgan fingerprint density at radius 2 is 2.03 bits per heavy atom. The molecule has 0 atom stereocenters. The fraction of sp³-hybridized carbons (Fsp3) is 0.115. The summed E-state index contributed by atoms with van der Waals surface area (Å²) in [6.07, 6.45) is 1.51. The van der Waals surface area contributed by atoms with E-state index >= 15 is 0 Å². The lowest BCUT2D eigenvalue weighted by atomic mass is 10.1. The van der Waals surface area contributed by atoms with Gasteiger partial charge in [0.15, 0.2) is 17.3 Å². The lowest BCUT2D eigenvalue weighted by Crippen LogP contribution is -2.16. The summed E-state index contributed by atoms with van der Waals surface area (Å²) in [5.74, 6) is 0.757. The molecule has 35 heavy (non-hydrogen) atoms. The molecule has 1 N–H and O–H groups in total. The molecule has 1 aromatic heterocycles. The molecule has 0 aliphatic heterocycles. The van der Waals surface area contributed by atoms with Gasteiger partial charge in [-0.15, -0.1) is 0 Å². The SMILES string of the molecule is CCOc1cc(/C=N/NC(=O)c2cc3cc(Cl)ccc3o2)cc(I)c1OCc1ccccc1C#N. The summed E-state index contributed by atoms with van der Waals surface area (Å²) in [4.78, 5) is 12.4. The number of fused-ring (bicyclic) bond motifs is 1. The molecule has 0 saturated carbocycles. The maximum atomic E-state index is 12.4.